The van der Waals surface area contributed by atoms with E-state index in [-0.39, 0.29) is 28.8 Å². The van der Waals surface area contributed by atoms with Crippen LogP contribution in [0, 0.1) is 0 Å². The van der Waals surface area contributed by atoms with Crippen LogP contribution in [0.1, 0.15) is 35.6 Å². The summed E-state index contributed by atoms with van der Waals surface area (Å²) in [6.45, 7) is 0. The summed E-state index contributed by atoms with van der Waals surface area (Å²) in [5, 5.41) is 2.22. The van der Waals surface area contributed by atoms with Crippen molar-refractivity contribution in [3.63, 3.8) is 0 Å². The van der Waals surface area contributed by atoms with E-state index in [4.69, 9.17) is 11.6 Å². The lowest BCUT2D eigenvalue weighted by atomic mass is 9.93. The van der Waals surface area contributed by atoms with Crippen LogP contribution >= 0.6 is 11.6 Å². The molecule has 0 aliphatic carbocycles. The summed E-state index contributed by atoms with van der Waals surface area (Å²) in [6.07, 6.45) is -2.04. The molecular weight excluding hydrogens is 365 g/mol. The lowest BCUT2D eigenvalue weighted by Gasteiger charge is -2.36. The molecule has 0 saturated carbocycles. The molecule has 0 radical (unpaired) electrons. The number of nitrogens with zero attached hydrogens (tertiary/aromatic N) is 1. The number of benzene rings is 2. The third kappa shape index (κ3) is 2.92. The van der Waals surface area contributed by atoms with Gasteiger partial charge in [-0.1, -0.05) is 35.9 Å². The maximum Gasteiger partial charge on any atom is 0.417 e. The van der Waals surface area contributed by atoms with E-state index in [1.54, 1.807) is 4.90 Å². The molecule has 2 bridgehead atoms. The fourth-order valence-electron chi connectivity index (χ4n) is 4.00. The van der Waals surface area contributed by atoms with Gasteiger partial charge < -0.3 is 10.2 Å². The molecule has 1 fully saturated rings. The van der Waals surface area contributed by atoms with Gasteiger partial charge in [-0.3, -0.25) is 0 Å². The standard InChI is InChI=1S/C19H16ClF3N2O/c20-16-7-5-12(10-15(16)19(21,22)23)24-18(26)25-13-6-8-17(25)14-4-2-1-3-11(14)9-13/h1-5,7,10,13,17H,6,8-9H2,(H,24,26). The van der Waals surface area contributed by atoms with Crippen LogP contribution in [0.4, 0.5) is 23.7 Å². The molecule has 3 nitrogen and oxygen atoms in total. The summed E-state index contributed by atoms with van der Waals surface area (Å²) in [5.41, 5.74) is 1.51. The van der Waals surface area contributed by atoms with Crippen molar-refractivity contribution in [2.45, 2.75) is 37.5 Å². The number of nitrogens with one attached hydrogen (secondary N) is 1. The van der Waals surface area contributed by atoms with Crippen molar-refractivity contribution in [3.05, 3.63) is 64.2 Å². The minimum Gasteiger partial charge on any atom is -0.314 e. The Bertz CT molecular complexity index is 868. The molecule has 2 aromatic carbocycles. The van der Waals surface area contributed by atoms with Gasteiger partial charge in [-0.05, 0) is 48.6 Å². The van der Waals surface area contributed by atoms with E-state index >= 15 is 0 Å². The molecule has 4 rings (SSSR count). The maximum atomic E-state index is 13.0. The van der Waals surface area contributed by atoms with Crippen LogP contribution in [-0.4, -0.2) is 17.0 Å². The number of carbonyl (C=O) groups excluding carboxylic acids is 1. The van der Waals surface area contributed by atoms with Crippen molar-refractivity contribution in [1.29, 1.82) is 0 Å². The fraction of sp³-hybridized carbons (Fsp3) is 0.316. The average Bonchev–Trinajstić information content (AvgIpc) is 2.91. The van der Waals surface area contributed by atoms with Gasteiger partial charge in [-0.2, -0.15) is 13.2 Å². The lowest BCUT2D eigenvalue weighted by Crippen LogP contribution is -2.44. The van der Waals surface area contributed by atoms with Gasteiger partial charge in [-0.25, -0.2) is 4.79 Å². The summed E-state index contributed by atoms with van der Waals surface area (Å²) in [6, 6.07) is 11.1. The summed E-state index contributed by atoms with van der Waals surface area (Å²) in [4.78, 5) is 14.6. The van der Waals surface area contributed by atoms with Crippen molar-refractivity contribution in [2.75, 3.05) is 5.32 Å². The molecule has 2 aliphatic heterocycles. The molecule has 136 valence electrons. The molecule has 0 spiro atoms. The zero-order valence-electron chi connectivity index (χ0n) is 13.7. The number of hydrogen-bond donors (Lipinski definition) is 1. The Balaban J connectivity index is 1.59. The summed E-state index contributed by atoms with van der Waals surface area (Å²) < 4.78 is 39.0. The van der Waals surface area contributed by atoms with E-state index < -0.39 is 11.7 Å². The second kappa shape index (κ2) is 6.20. The van der Waals surface area contributed by atoms with E-state index in [1.807, 2.05) is 18.2 Å². The van der Waals surface area contributed by atoms with E-state index in [2.05, 4.69) is 11.4 Å². The van der Waals surface area contributed by atoms with Crippen LogP contribution in [0.2, 0.25) is 5.02 Å². The fourth-order valence-corrected chi connectivity index (χ4v) is 4.23. The molecule has 2 unspecified atom stereocenters. The average molecular weight is 381 g/mol. The van der Waals surface area contributed by atoms with Gasteiger partial charge in [0.1, 0.15) is 0 Å². The first kappa shape index (κ1) is 17.2. The van der Waals surface area contributed by atoms with E-state index in [0.29, 0.717) is 0 Å². The number of rotatable bonds is 1. The number of alkyl halides is 3. The van der Waals surface area contributed by atoms with E-state index in [9.17, 15) is 18.0 Å². The molecule has 26 heavy (non-hydrogen) atoms. The molecule has 0 aromatic heterocycles. The predicted octanol–water partition coefficient (Wildman–Crippen LogP) is 5.65. The Kier molecular flexibility index (Phi) is 4.10. The number of hydrogen-bond acceptors (Lipinski definition) is 1. The minimum atomic E-state index is -4.57. The molecule has 2 heterocycles. The number of anilines is 1. The molecule has 1 N–H and O–H groups in total. The Labute approximate surface area is 153 Å². The largest absolute Gasteiger partial charge is 0.417 e. The highest BCUT2D eigenvalue weighted by Crippen LogP contribution is 2.44. The first-order valence-electron chi connectivity index (χ1n) is 8.38. The third-order valence-electron chi connectivity index (χ3n) is 5.13. The first-order valence-corrected chi connectivity index (χ1v) is 8.76. The van der Waals surface area contributed by atoms with Crippen molar-refractivity contribution < 1.29 is 18.0 Å². The number of fused-ring (bicyclic) bond motifs is 4. The predicted molar refractivity (Wildman–Crippen MR) is 93.2 cm³/mol. The minimum absolute atomic E-state index is 0.0284. The van der Waals surface area contributed by atoms with Gasteiger partial charge in [0.25, 0.3) is 0 Å². The molecule has 2 amide bonds. The summed E-state index contributed by atoms with van der Waals surface area (Å²) in [5.74, 6) is 0. The second-order valence-corrected chi connectivity index (χ2v) is 7.09. The zero-order valence-corrected chi connectivity index (χ0v) is 14.4. The van der Waals surface area contributed by atoms with Crippen LogP contribution in [0.25, 0.3) is 0 Å². The van der Waals surface area contributed by atoms with Crippen molar-refractivity contribution >= 4 is 23.3 Å². The Hall–Kier alpha value is -2.21. The van der Waals surface area contributed by atoms with Gasteiger partial charge in [0, 0.05) is 11.7 Å². The van der Waals surface area contributed by atoms with Gasteiger partial charge in [0.05, 0.1) is 16.6 Å². The molecule has 7 heteroatoms. The molecule has 1 saturated heterocycles. The van der Waals surface area contributed by atoms with E-state index in [1.165, 1.54) is 11.6 Å². The molecular formula is C19H16ClF3N2O. The monoisotopic (exact) mass is 380 g/mol. The molecule has 2 aromatic rings. The van der Waals surface area contributed by atoms with Gasteiger partial charge in [0.2, 0.25) is 0 Å². The van der Waals surface area contributed by atoms with Crippen LogP contribution in [0.3, 0.4) is 0 Å². The van der Waals surface area contributed by atoms with Gasteiger partial charge in [-0.15, -0.1) is 0 Å². The Morgan fingerprint density at radius 3 is 2.69 bits per heavy atom. The quantitative estimate of drug-likeness (QED) is 0.681. The summed E-state index contributed by atoms with van der Waals surface area (Å²) in [7, 11) is 0. The molecule has 2 aliphatic rings. The normalized spacial score (nSPS) is 21.5. The van der Waals surface area contributed by atoms with Crippen molar-refractivity contribution in [3.8, 4) is 0 Å². The highest BCUT2D eigenvalue weighted by Gasteiger charge is 2.42. The Morgan fingerprint density at radius 1 is 1.15 bits per heavy atom. The highest BCUT2D eigenvalue weighted by molar-refractivity contribution is 6.31. The van der Waals surface area contributed by atoms with Crippen molar-refractivity contribution in [2.24, 2.45) is 0 Å². The van der Waals surface area contributed by atoms with Crippen LogP contribution in [0.5, 0.6) is 0 Å². The second-order valence-electron chi connectivity index (χ2n) is 6.68. The highest BCUT2D eigenvalue weighted by atomic mass is 35.5. The van der Waals surface area contributed by atoms with Gasteiger partial charge >= 0.3 is 12.2 Å². The first-order chi connectivity index (χ1) is 12.3. The number of amides is 2. The lowest BCUT2D eigenvalue weighted by molar-refractivity contribution is -0.137. The number of urea groups is 1. The molecule has 2 atom stereocenters. The van der Waals surface area contributed by atoms with Gasteiger partial charge in [0.15, 0.2) is 0 Å². The zero-order chi connectivity index (χ0) is 18.5. The van der Waals surface area contributed by atoms with E-state index in [0.717, 1.165) is 37.0 Å². The van der Waals surface area contributed by atoms with Crippen molar-refractivity contribution in [1.82, 2.24) is 4.90 Å². The van der Waals surface area contributed by atoms with Crippen LogP contribution in [-0.2, 0) is 12.6 Å². The topological polar surface area (TPSA) is 32.3 Å². The Morgan fingerprint density at radius 2 is 1.92 bits per heavy atom. The number of halogens is 4. The smallest absolute Gasteiger partial charge is 0.314 e. The maximum absolute atomic E-state index is 13.0. The van der Waals surface area contributed by atoms with Crippen LogP contribution < -0.4 is 5.32 Å². The third-order valence-corrected chi connectivity index (χ3v) is 5.46. The number of carbonyl (C=O) groups is 1. The van der Waals surface area contributed by atoms with Crippen LogP contribution in [0.15, 0.2) is 42.5 Å². The summed E-state index contributed by atoms with van der Waals surface area (Å²) >= 11 is 5.64. The SMILES string of the molecule is O=C(Nc1ccc(Cl)c(C(F)(F)F)c1)N1C2CCC1c1ccccc1C2.